The first-order valence-corrected chi connectivity index (χ1v) is 13.7. The maximum absolute atomic E-state index is 13.4. The number of aromatic nitrogens is 1. The van der Waals surface area contributed by atoms with E-state index in [2.05, 4.69) is 11.9 Å². The molecular weight excluding hydrogens is 515 g/mol. The first kappa shape index (κ1) is 28.0. The first-order valence-electron chi connectivity index (χ1n) is 13.7. The molecule has 2 saturated heterocycles. The summed E-state index contributed by atoms with van der Waals surface area (Å²) in [6.07, 6.45) is 5.26. The molecule has 3 aliphatic rings. The molecule has 0 radical (unpaired) electrons. The summed E-state index contributed by atoms with van der Waals surface area (Å²) in [6.45, 7) is 1.85. The number of imide groups is 3. The normalized spacial score (nSPS) is 24.9. The number of allylic oxidation sites excluding steroid dienone is 2. The van der Waals surface area contributed by atoms with E-state index in [0.717, 1.165) is 42.4 Å². The predicted molar refractivity (Wildman–Crippen MR) is 145 cm³/mol. The lowest BCUT2D eigenvalue weighted by atomic mass is 9.58. The van der Waals surface area contributed by atoms with Gasteiger partial charge in [-0.15, -0.1) is 0 Å². The molecule has 2 aromatic heterocycles. The van der Waals surface area contributed by atoms with E-state index in [4.69, 9.17) is 13.8 Å². The average molecular weight is 548 g/mol. The van der Waals surface area contributed by atoms with Crippen LogP contribution in [-0.2, 0) is 25.6 Å². The van der Waals surface area contributed by atoms with E-state index in [1.807, 2.05) is 24.3 Å². The van der Waals surface area contributed by atoms with Gasteiger partial charge in [0.05, 0.1) is 30.7 Å². The Morgan fingerprint density at radius 1 is 1.23 bits per heavy atom. The number of pyridine rings is 1. The zero-order valence-corrected chi connectivity index (χ0v) is 22.6. The number of hydrogen-bond acceptors (Lipinski definition) is 9. The van der Waals surface area contributed by atoms with Gasteiger partial charge in [-0.2, -0.15) is 4.90 Å². The topological polar surface area (TPSA) is 139 Å². The smallest absolute Gasteiger partial charge is 0.455 e. The van der Waals surface area contributed by atoms with E-state index in [0.29, 0.717) is 35.7 Å². The van der Waals surface area contributed by atoms with Crippen molar-refractivity contribution in [2.24, 2.45) is 17.8 Å². The highest BCUT2D eigenvalue weighted by Gasteiger charge is 2.59. The molecule has 5 rings (SSSR count). The van der Waals surface area contributed by atoms with Crippen LogP contribution in [0.2, 0.25) is 6.32 Å². The standard InChI is InChI=1S/C29H33BN2O8/c1-3-6-18-14-21-26(28(35)32(27(21)34)29(36)38-2)22-15-30(37)40-24(25(18)22)11-8-17(23-7-4-5-12-31-23)13-19-9-10-20(16-33)39-19/h4-5,7,9-10,12-13,21-22,24,26,33,37H,3,6,8,11,14-16H2,1-2H3/b17-13-/t21-,22+,24-,26-/m1/s1. The molecule has 0 saturated carbocycles. The lowest BCUT2D eigenvalue weighted by Crippen LogP contribution is -2.46. The van der Waals surface area contributed by atoms with Crippen molar-refractivity contribution >= 4 is 36.7 Å². The van der Waals surface area contributed by atoms with E-state index >= 15 is 0 Å². The first-order chi connectivity index (χ1) is 19.4. The lowest BCUT2D eigenvalue weighted by Gasteiger charge is -2.43. The van der Waals surface area contributed by atoms with Gasteiger partial charge < -0.3 is 23.9 Å². The minimum Gasteiger partial charge on any atom is -0.459 e. The fourth-order valence-corrected chi connectivity index (χ4v) is 6.42. The maximum atomic E-state index is 13.4. The monoisotopic (exact) mass is 548 g/mol. The summed E-state index contributed by atoms with van der Waals surface area (Å²) in [5.74, 6) is -1.88. The lowest BCUT2D eigenvalue weighted by molar-refractivity contribution is -0.137. The van der Waals surface area contributed by atoms with Crippen LogP contribution in [0.3, 0.4) is 0 Å². The number of ether oxygens (including phenoxy) is 1. The van der Waals surface area contributed by atoms with Gasteiger partial charge in [0.25, 0.3) is 0 Å². The minimum absolute atomic E-state index is 0.174. The van der Waals surface area contributed by atoms with Crippen LogP contribution in [0.5, 0.6) is 0 Å². The van der Waals surface area contributed by atoms with Crippen molar-refractivity contribution in [3.05, 3.63) is 64.9 Å². The minimum atomic E-state index is -1.12. The molecule has 0 unspecified atom stereocenters. The van der Waals surface area contributed by atoms with Gasteiger partial charge in [-0.05, 0) is 79.4 Å². The van der Waals surface area contributed by atoms with Crippen LogP contribution < -0.4 is 0 Å². The van der Waals surface area contributed by atoms with Gasteiger partial charge in [0.1, 0.15) is 18.1 Å². The predicted octanol–water partition coefficient (Wildman–Crippen LogP) is 3.85. The second-order valence-electron chi connectivity index (χ2n) is 10.4. The zero-order valence-electron chi connectivity index (χ0n) is 22.6. The molecule has 0 bridgehead atoms. The molecule has 11 heteroatoms. The summed E-state index contributed by atoms with van der Waals surface area (Å²) in [7, 11) is 0.0284. The van der Waals surface area contributed by atoms with Crippen LogP contribution in [0.1, 0.15) is 56.2 Å². The van der Waals surface area contributed by atoms with E-state index < -0.39 is 48.9 Å². The Kier molecular flexibility index (Phi) is 8.34. The maximum Gasteiger partial charge on any atom is 0.455 e. The molecule has 4 heterocycles. The number of nitrogens with zero attached hydrogens (tertiary/aromatic N) is 2. The van der Waals surface area contributed by atoms with Crippen molar-refractivity contribution in [2.75, 3.05) is 7.11 Å². The zero-order chi connectivity index (χ0) is 28.4. The number of hydrogen-bond donors (Lipinski definition) is 2. The van der Waals surface area contributed by atoms with Crippen molar-refractivity contribution in [1.82, 2.24) is 9.88 Å². The summed E-state index contributed by atoms with van der Waals surface area (Å²) in [5, 5.41) is 20.2. The summed E-state index contributed by atoms with van der Waals surface area (Å²) >= 11 is 0. The third kappa shape index (κ3) is 5.28. The fraction of sp³-hybridized carbons (Fsp3) is 0.448. The number of carbonyl (C=O) groups is 3. The van der Waals surface area contributed by atoms with E-state index in [9.17, 15) is 24.5 Å². The average Bonchev–Trinajstić information content (AvgIpc) is 3.52. The van der Waals surface area contributed by atoms with Crippen molar-refractivity contribution in [3.8, 4) is 0 Å². The van der Waals surface area contributed by atoms with Crippen molar-refractivity contribution < 1.29 is 38.3 Å². The summed E-state index contributed by atoms with van der Waals surface area (Å²) in [5.41, 5.74) is 3.66. The molecule has 0 spiro atoms. The Morgan fingerprint density at radius 2 is 2.05 bits per heavy atom. The molecule has 2 aliphatic heterocycles. The van der Waals surface area contributed by atoms with Gasteiger partial charge in [0.2, 0.25) is 11.8 Å². The third-order valence-electron chi connectivity index (χ3n) is 8.04. The highest BCUT2D eigenvalue weighted by Crippen LogP contribution is 2.51. The van der Waals surface area contributed by atoms with Gasteiger partial charge in [-0.3, -0.25) is 14.6 Å². The van der Waals surface area contributed by atoms with Gasteiger partial charge in [0, 0.05) is 6.20 Å². The van der Waals surface area contributed by atoms with Gasteiger partial charge in [-0.25, -0.2) is 4.79 Å². The van der Waals surface area contributed by atoms with Crippen LogP contribution in [0.4, 0.5) is 4.79 Å². The molecule has 210 valence electrons. The number of methoxy groups -OCH3 is 1. The largest absolute Gasteiger partial charge is 0.459 e. The second-order valence-corrected chi connectivity index (χ2v) is 10.4. The number of amides is 3. The number of carbonyl (C=O) groups excluding carboxylic acids is 3. The highest BCUT2D eigenvalue weighted by atomic mass is 16.5. The molecule has 0 aromatic carbocycles. The van der Waals surface area contributed by atoms with Crippen LogP contribution >= 0.6 is 0 Å². The number of aliphatic hydroxyl groups excluding tert-OH is 1. The van der Waals surface area contributed by atoms with Crippen LogP contribution in [0.15, 0.2) is 52.1 Å². The highest BCUT2D eigenvalue weighted by molar-refractivity contribution is 6.43. The molecule has 4 atom stereocenters. The summed E-state index contributed by atoms with van der Waals surface area (Å²) in [6, 6.07) is 9.13. The number of aliphatic hydroxyl groups is 1. The molecule has 3 amide bonds. The number of rotatable bonds is 8. The van der Waals surface area contributed by atoms with E-state index in [1.165, 1.54) is 0 Å². The summed E-state index contributed by atoms with van der Waals surface area (Å²) in [4.78, 5) is 44.0. The molecule has 40 heavy (non-hydrogen) atoms. The molecule has 2 N–H and O–H groups in total. The third-order valence-corrected chi connectivity index (χ3v) is 8.04. The fourth-order valence-electron chi connectivity index (χ4n) is 6.42. The Labute approximate surface area is 232 Å². The Hall–Kier alpha value is -3.54. The van der Waals surface area contributed by atoms with Crippen molar-refractivity contribution in [2.45, 2.75) is 58.1 Å². The quantitative estimate of drug-likeness (QED) is 0.286. The van der Waals surface area contributed by atoms with Crippen LogP contribution in [0.25, 0.3) is 11.6 Å². The van der Waals surface area contributed by atoms with E-state index in [-0.39, 0.29) is 12.9 Å². The van der Waals surface area contributed by atoms with Gasteiger partial charge in [-0.1, -0.05) is 25.0 Å². The number of furan rings is 1. The number of likely N-dealkylation sites (tertiary alicyclic amines) is 1. The Balaban J connectivity index is 1.47. The molecule has 1 aliphatic carbocycles. The van der Waals surface area contributed by atoms with E-state index in [1.54, 1.807) is 18.3 Å². The molecule has 2 fully saturated rings. The molecule has 2 aromatic rings. The van der Waals surface area contributed by atoms with Gasteiger partial charge >= 0.3 is 13.2 Å². The second kappa shape index (κ2) is 11.9. The molecular formula is C29H33BN2O8. The van der Waals surface area contributed by atoms with Gasteiger partial charge in [0.15, 0.2) is 0 Å². The van der Waals surface area contributed by atoms with Crippen LogP contribution in [0, 0.1) is 17.8 Å². The Bertz CT molecular complexity index is 1340. The van der Waals surface area contributed by atoms with Crippen molar-refractivity contribution in [3.63, 3.8) is 0 Å². The van der Waals surface area contributed by atoms with Crippen LogP contribution in [-0.4, -0.2) is 58.3 Å². The summed E-state index contributed by atoms with van der Waals surface area (Å²) < 4.78 is 16.5. The SMILES string of the molecule is CCCC1=C2[C@@H](CC/C(=C/c3ccc(CO)o3)c3ccccn3)OB(O)C[C@@H]2[C@@H]2C(=O)N(C(=O)OC)C(=O)[C@@H]2C1. The Morgan fingerprint density at radius 3 is 2.73 bits per heavy atom. The number of fused-ring (bicyclic) bond motifs is 3. The molecule has 10 nitrogen and oxygen atoms in total. The van der Waals surface area contributed by atoms with Crippen molar-refractivity contribution in [1.29, 1.82) is 0 Å².